The van der Waals surface area contributed by atoms with Crippen molar-refractivity contribution in [1.82, 2.24) is 0 Å². The Balaban J connectivity index is 1.88. The van der Waals surface area contributed by atoms with Gasteiger partial charge in [-0.3, -0.25) is 4.79 Å². The molecule has 0 bridgehead atoms. The largest absolute Gasteiger partial charge is 0.466 e. The molecule has 0 radical (unpaired) electrons. The average Bonchev–Trinajstić information content (AvgIpc) is 2.93. The SMILES string of the molecule is CCOC(=O)CC(O)C(CC)CCC(C)[C@H]1CCC2[C@@H](C)CCC[C@@]21C. The van der Waals surface area contributed by atoms with Crippen LogP contribution in [-0.2, 0) is 9.53 Å². The van der Waals surface area contributed by atoms with E-state index in [0.29, 0.717) is 17.9 Å². The maximum atomic E-state index is 11.7. The molecule has 0 aromatic carbocycles. The van der Waals surface area contributed by atoms with Crippen molar-refractivity contribution in [2.24, 2.45) is 35.0 Å². The fourth-order valence-corrected chi connectivity index (χ4v) is 6.44. The highest BCUT2D eigenvalue weighted by Gasteiger charge is 2.51. The maximum Gasteiger partial charge on any atom is 0.308 e. The molecule has 0 aromatic rings. The molecule has 7 atom stereocenters. The van der Waals surface area contributed by atoms with Crippen molar-refractivity contribution >= 4 is 5.97 Å². The van der Waals surface area contributed by atoms with Crippen LogP contribution in [-0.4, -0.2) is 23.8 Å². The minimum atomic E-state index is -0.562. The monoisotopic (exact) mass is 366 g/mol. The van der Waals surface area contributed by atoms with Gasteiger partial charge in [-0.05, 0) is 67.6 Å². The van der Waals surface area contributed by atoms with Crippen molar-refractivity contribution in [3.05, 3.63) is 0 Å². The van der Waals surface area contributed by atoms with E-state index < -0.39 is 6.10 Å². The van der Waals surface area contributed by atoms with Gasteiger partial charge >= 0.3 is 5.97 Å². The Labute approximate surface area is 161 Å². The normalized spacial score (nSPS) is 34.8. The summed E-state index contributed by atoms with van der Waals surface area (Å²) in [7, 11) is 0. The minimum absolute atomic E-state index is 0.140. The molecule has 3 nitrogen and oxygen atoms in total. The Morgan fingerprint density at radius 3 is 2.62 bits per heavy atom. The Morgan fingerprint density at radius 2 is 1.96 bits per heavy atom. The van der Waals surface area contributed by atoms with Crippen molar-refractivity contribution in [2.45, 2.75) is 98.5 Å². The van der Waals surface area contributed by atoms with E-state index in [-0.39, 0.29) is 18.3 Å². The highest BCUT2D eigenvalue weighted by molar-refractivity contribution is 5.69. The van der Waals surface area contributed by atoms with Crippen molar-refractivity contribution in [1.29, 1.82) is 0 Å². The lowest BCUT2D eigenvalue weighted by atomic mass is 9.59. The van der Waals surface area contributed by atoms with Crippen LogP contribution in [0.3, 0.4) is 0 Å². The summed E-state index contributed by atoms with van der Waals surface area (Å²) in [6.45, 7) is 11.8. The van der Waals surface area contributed by atoms with Gasteiger partial charge in [0.05, 0.1) is 19.1 Å². The fraction of sp³-hybridized carbons (Fsp3) is 0.957. The number of aliphatic hydroxyl groups excluding tert-OH is 1. The molecule has 26 heavy (non-hydrogen) atoms. The Hall–Kier alpha value is -0.570. The summed E-state index contributed by atoms with van der Waals surface area (Å²) in [6.07, 6.45) is 9.70. The first-order valence-electron chi connectivity index (χ1n) is 11.2. The first kappa shape index (κ1) is 21.7. The molecule has 0 heterocycles. The lowest BCUT2D eigenvalue weighted by Crippen LogP contribution is -2.38. The van der Waals surface area contributed by atoms with Gasteiger partial charge in [0.15, 0.2) is 0 Å². The van der Waals surface area contributed by atoms with Crippen LogP contribution in [0.4, 0.5) is 0 Å². The second-order valence-corrected chi connectivity index (χ2v) is 9.47. The molecule has 2 aliphatic carbocycles. The van der Waals surface area contributed by atoms with Crippen LogP contribution in [0.25, 0.3) is 0 Å². The zero-order valence-corrected chi connectivity index (χ0v) is 17.8. The molecular weight excluding hydrogens is 324 g/mol. The highest BCUT2D eigenvalue weighted by atomic mass is 16.5. The lowest BCUT2D eigenvalue weighted by molar-refractivity contribution is -0.146. The molecule has 0 aromatic heterocycles. The van der Waals surface area contributed by atoms with Crippen molar-refractivity contribution < 1.29 is 14.6 Å². The molecule has 0 saturated heterocycles. The molecule has 2 saturated carbocycles. The minimum Gasteiger partial charge on any atom is -0.466 e. The average molecular weight is 367 g/mol. The van der Waals surface area contributed by atoms with Crippen LogP contribution >= 0.6 is 0 Å². The molecule has 3 heteroatoms. The number of fused-ring (bicyclic) bond motifs is 1. The number of hydrogen-bond donors (Lipinski definition) is 1. The fourth-order valence-electron chi connectivity index (χ4n) is 6.44. The molecule has 152 valence electrons. The Kier molecular flexibility index (Phi) is 8.00. The third-order valence-corrected chi connectivity index (χ3v) is 7.97. The van der Waals surface area contributed by atoms with E-state index in [9.17, 15) is 9.90 Å². The first-order chi connectivity index (χ1) is 12.3. The second-order valence-electron chi connectivity index (χ2n) is 9.47. The molecule has 2 fully saturated rings. The van der Waals surface area contributed by atoms with E-state index in [0.717, 1.165) is 30.6 Å². The summed E-state index contributed by atoms with van der Waals surface area (Å²) in [6, 6.07) is 0. The summed E-state index contributed by atoms with van der Waals surface area (Å²) in [4.78, 5) is 11.7. The number of hydrogen-bond acceptors (Lipinski definition) is 3. The van der Waals surface area contributed by atoms with Gasteiger partial charge in [-0.1, -0.05) is 53.4 Å². The number of rotatable bonds is 9. The summed E-state index contributed by atoms with van der Waals surface area (Å²) >= 11 is 0. The topological polar surface area (TPSA) is 46.5 Å². The van der Waals surface area contributed by atoms with Crippen LogP contribution in [0.5, 0.6) is 0 Å². The van der Waals surface area contributed by atoms with Gasteiger partial charge < -0.3 is 9.84 Å². The van der Waals surface area contributed by atoms with Gasteiger partial charge in [0, 0.05) is 0 Å². The standard InChI is InChI=1S/C23H42O3/c1-6-18(21(24)15-22(25)26-7-2)11-10-17(4)20-13-12-19-16(3)9-8-14-23(19,20)5/h16-21,24H,6-15H2,1-5H3/t16-,17?,18?,19?,20+,21?,23-/m0/s1. The van der Waals surface area contributed by atoms with Crippen LogP contribution in [0.1, 0.15) is 92.4 Å². The van der Waals surface area contributed by atoms with Gasteiger partial charge in [-0.25, -0.2) is 0 Å². The zero-order valence-electron chi connectivity index (χ0n) is 17.8. The van der Waals surface area contributed by atoms with E-state index >= 15 is 0 Å². The number of ether oxygens (including phenoxy) is 1. The second kappa shape index (κ2) is 9.57. The Morgan fingerprint density at radius 1 is 1.23 bits per heavy atom. The number of carbonyl (C=O) groups is 1. The third-order valence-electron chi connectivity index (χ3n) is 7.97. The lowest BCUT2D eigenvalue weighted by Gasteiger charge is -2.46. The number of carbonyl (C=O) groups excluding carboxylic acids is 1. The quantitative estimate of drug-likeness (QED) is 0.541. The maximum absolute atomic E-state index is 11.7. The van der Waals surface area contributed by atoms with E-state index in [1.165, 1.54) is 38.5 Å². The number of esters is 1. The summed E-state index contributed by atoms with van der Waals surface area (Å²) in [5.74, 6) is 3.28. The van der Waals surface area contributed by atoms with Gasteiger partial charge in [0.2, 0.25) is 0 Å². The molecule has 1 N–H and O–H groups in total. The van der Waals surface area contributed by atoms with Crippen LogP contribution in [0.15, 0.2) is 0 Å². The predicted molar refractivity (Wildman–Crippen MR) is 107 cm³/mol. The highest BCUT2D eigenvalue weighted by Crippen LogP contribution is 2.59. The molecule has 0 spiro atoms. The van der Waals surface area contributed by atoms with Gasteiger partial charge in [-0.2, -0.15) is 0 Å². The summed E-state index contributed by atoms with van der Waals surface area (Å²) in [5.41, 5.74) is 0.530. The smallest absolute Gasteiger partial charge is 0.308 e. The molecule has 0 amide bonds. The predicted octanol–water partition coefficient (Wildman–Crippen LogP) is 5.60. The van der Waals surface area contributed by atoms with Gasteiger partial charge in [0.1, 0.15) is 0 Å². The van der Waals surface area contributed by atoms with Gasteiger partial charge in [0.25, 0.3) is 0 Å². The number of aliphatic hydroxyl groups is 1. The van der Waals surface area contributed by atoms with Crippen molar-refractivity contribution in [3.63, 3.8) is 0 Å². The van der Waals surface area contributed by atoms with E-state index in [2.05, 4.69) is 27.7 Å². The zero-order chi connectivity index (χ0) is 19.3. The molecular formula is C23H42O3. The van der Waals surface area contributed by atoms with Crippen LogP contribution in [0, 0.1) is 35.0 Å². The van der Waals surface area contributed by atoms with Gasteiger partial charge in [-0.15, -0.1) is 0 Å². The third kappa shape index (κ3) is 4.82. The molecule has 0 aliphatic heterocycles. The van der Waals surface area contributed by atoms with Crippen LogP contribution in [0.2, 0.25) is 0 Å². The van der Waals surface area contributed by atoms with Crippen molar-refractivity contribution in [2.75, 3.05) is 6.61 Å². The summed E-state index contributed by atoms with van der Waals surface area (Å²) in [5, 5.41) is 10.5. The first-order valence-corrected chi connectivity index (χ1v) is 11.2. The van der Waals surface area contributed by atoms with Crippen molar-refractivity contribution in [3.8, 4) is 0 Å². The molecule has 2 rings (SSSR count). The van der Waals surface area contributed by atoms with E-state index in [1.54, 1.807) is 0 Å². The summed E-state index contributed by atoms with van der Waals surface area (Å²) < 4.78 is 5.00. The van der Waals surface area contributed by atoms with Crippen LogP contribution < -0.4 is 0 Å². The molecule has 4 unspecified atom stereocenters. The Bertz CT molecular complexity index is 449. The van der Waals surface area contributed by atoms with E-state index in [4.69, 9.17) is 4.74 Å². The molecule has 2 aliphatic rings. The van der Waals surface area contributed by atoms with E-state index in [1.807, 2.05) is 6.92 Å².